The molecule has 0 saturated heterocycles. The highest BCUT2D eigenvalue weighted by Crippen LogP contribution is 2.40. The zero-order chi connectivity index (χ0) is 13.4. The molecule has 19 heavy (non-hydrogen) atoms. The lowest BCUT2D eigenvalue weighted by Gasteiger charge is -2.21. The Labute approximate surface area is 123 Å². The van der Waals surface area contributed by atoms with E-state index in [9.17, 15) is 0 Å². The highest BCUT2D eigenvalue weighted by Gasteiger charge is 2.18. The maximum absolute atomic E-state index is 6.23. The van der Waals surface area contributed by atoms with Gasteiger partial charge in [-0.15, -0.1) is 0 Å². The third kappa shape index (κ3) is 2.45. The summed E-state index contributed by atoms with van der Waals surface area (Å²) in [4.78, 5) is 0. The van der Waals surface area contributed by atoms with Crippen molar-refractivity contribution in [3.63, 3.8) is 0 Å². The van der Waals surface area contributed by atoms with Crippen LogP contribution in [-0.2, 0) is 6.42 Å². The predicted octanol–water partition coefficient (Wildman–Crippen LogP) is 5.29. The van der Waals surface area contributed by atoms with Gasteiger partial charge in [0.25, 0.3) is 0 Å². The number of rotatable bonds is 1. The number of benzene rings is 2. The molecule has 0 saturated carbocycles. The molecule has 0 amide bonds. The van der Waals surface area contributed by atoms with Gasteiger partial charge in [-0.1, -0.05) is 29.3 Å². The van der Waals surface area contributed by atoms with Crippen molar-refractivity contribution in [2.45, 2.75) is 19.8 Å². The molecular formula is C16H14Cl2O. The van der Waals surface area contributed by atoms with Gasteiger partial charge in [0.2, 0.25) is 0 Å². The molecule has 0 unspecified atom stereocenters. The lowest BCUT2D eigenvalue weighted by atomic mass is 9.95. The number of fused-ring (bicyclic) bond motifs is 1. The van der Waals surface area contributed by atoms with Gasteiger partial charge in [0.1, 0.15) is 5.75 Å². The summed E-state index contributed by atoms with van der Waals surface area (Å²) in [5.41, 5.74) is 4.52. The molecule has 2 aromatic rings. The van der Waals surface area contributed by atoms with Crippen LogP contribution in [0.1, 0.15) is 17.5 Å². The molecule has 0 aromatic heterocycles. The summed E-state index contributed by atoms with van der Waals surface area (Å²) >= 11 is 12.3. The van der Waals surface area contributed by atoms with Crippen LogP contribution in [0, 0.1) is 6.92 Å². The van der Waals surface area contributed by atoms with Crippen molar-refractivity contribution in [3.8, 4) is 16.9 Å². The van der Waals surface area contributed by atoms with E-state index in [1.165, 1.54) is 5.56 Å². The minimum Gasteiger partial charge on any atom is -0.493 e. The summed E-state index contributed by atoms with van der Waals surface area (Å²) in [5, 5.41) is 1.51. The third-order valence-corrected chi connectivity index (χ3v) is 3.90. The molecule has 1 aliphatic rings. The van der Waals surface area contributed by atoms with E-state index < -0.39 is 0 Å². The average Bonchev–Trinajstić information content (AvgIpc) is 2.38. The normalized spacial score (nSPS) is 13.8. The second-order valence-corrected chi connectivity index (χ2v) is 5.73. The first-order chi connectivity index (χ1) is 9.15. The van der Waals surface area contributed by atoms with Crippen molar-refractivity contribution in [2.24, 2.45) is 0 Å². The Balaban J connectivity index is 2.21. The first-order valence-electron chi connectivity index (χ1n) is 6.37. The molecule has 0 bridgehead atoms. The number of hydrogen-bond donors (Lipinski definition) is 0. The van der Waals surface area contributed by atoms with E-state index in [-0.39, 0.29) is 0 Å². The molecule has 3 heteroatoms. The summed E-state index contributed by atoms with van der Waals surface area (Å²) in [6.45, 7) is 2.83. The van der Waals surface area contributed by atoms with Crippen molar-refractivity contribution in [2.75, 3.05) is 6.61 Å². The Morgan fingerprint density at radius 2 is 1.84 bits per heavy atom. The molecule has 3 rings (SSSR count). The first-order valence-corrected chi connectivity index (χ1v) is 7.12. The summed E-state index contributed by atoms with van der Waals surface area (Å²) in [7, 11) is 0. The van der Waals surface area contributed by atoms with Crippen LogP contribution in [-0.4, -0.2) is 6.61 Å². The molecule has 1 nitrogen and oxygen atoms in total. The van der Waals surface area contributed by atoms with E-state index in [1.54, 1.807) is 0 Å². The van der Waals surface area contributed by atoms with Gasteiger partial charge < -0.3 is 4.74 Å². The largest absolute Gasteiger partial charge is 0.493 e. The highest BCUT2D eigenvalue weighted by molar-refractivity contribution is 6.31. The SMILES string of the molecule is Cc1cc(Cl)ccc1-c1cc(Cl)cc2c1OCCC2. The Hall–Kier alpha value is -1.18. The fourth-order valence-corrected chi connectivity index (χ4v) is 3.04. The van der Waals surface area contributed by atoms with E-state index in [4.69, 9.17) is 27.9 Å². The Morgan fingerprint density at radius 1 is 1.00 bits per heavy atom. The number of halogens is 2. The fraction of sp³-hybridized carbons (Fsp3) is 0.250. The zero-order valence-corrected chi connectivity index (χ0v) is 12.2. The molecule has 0 radical (unpaired) electrons. The Kier molecular flexibility index (Phi) is 3.42. The molecule has 1 aliphatic heterocycles. The van der Waals surface area contributed by atoms with E-state index in [2.05, 4.69) is 6.92 Å². The summed E-state index contributed by atoms with van der Waals surface area (Å²) in [6, 6.07) is 9.88. The van der Waals surface area contributed by atoms with Gasteiger partial charge >= 0.3 is 0 Å². The molecule has 0 fully saturated rings. The van der Waals surface area contributed by atoms with Crippen LogP contribution in [0.2, 0.25) is 10.0 Å². The third-order valence-electron chi connectivity index (χ3n) is 3.45. The lowest BCUT2D eigenvalue weighted by molar-refractivity contribution is 0.289. The van der Waals surface area contributed by atoms with Gasteiger partial charge in [0.15, 0.2) is 0 Å². The molecule has 0 aliphatic carbocycles. The molecular weight excluding hydrogens is 279 g/mol. The second-order valence-electron chi connectivity index (χ2n) is 4.85. The quantitative estimate of drug-likeness (QED) is 0.693. The van der Waals surface area contributed by atoms with Crippen LogP contribution in [0.15, 0.2) is 30.3 Å². The summed E-state index contributed by atoms with van der Waals surface area (Å²) in [5.74, 6) is 0.973. The molecule has 0 spiro atoms. The zero-order valence-electron chi connectivity index (χ0n) is 10.7. The first kappa shape index (κ1) is 12.8. The smallest absolute Gasteiger partial charge is 0.130 e. The summed E-state index contributed by atoms with van der Waals surface area (Å²) in [6.07, 6.45) is 2.07. The number of ether oxygens (including phenoxy) is 1. The van der Waals surface area contributed by atoms with Gasteiger partial charge in [-0.25, -0.2) is 0 Å². The fourth-order valence-electron chi connectivity index (χ4n) is 2.57. The van der Waals surface area contributed by atoms with Crippen molar-refractivity contribution < 1.29 is 4.74 Å². The highest BCUT2D eigenvalue weighted by atomic mass is 35.5. The molecule has 2 aromatic carbocycles. The van der Waals surface area contributed by atoms with Crippen LogP contribution < -0.4 is 4.74 Å². The van der Waals surface area contributed by atoms with E-state index >= 15 is 0 Å². The molecule has 0 N–H and O–H groups in total. The maximum Gasteiger partial charge on any atom is 0.130 e. The maximum atomic E-state index is 6.23. The van der Waals surface area contributed by atoms with Crippen LogP contribution in [0.3, 0.4) is 0 Å². The summed E-state index contributed by atoms with van der Waals surface area (Å²) < 4.78 is 5.86. The number of aryl methyl sites for hydroxylation is 2. The standard InChI is InChI=1S/C16H14Cl2O/c1-10-7-12(17)4-5-14(10)15-9-13(18)8-11-3-2-6-19-16(11)15/h4-5,7-9H,2-3,6H2,1H3. The predicted molar refractivity (Wildman–Crippen MR) is 80.5 cm³/mol. The monoisotopic (exact) mass is 292 g/mol. The van der Waals surface area contributed by atoms with Gasteiger partial charge in [-0.2, -0.15) is 0 Å². The van der Waals surface area contributed by atoms with E-state index in [1.807, 2.05) is 30.3 Å². The van der Waals surface area contributed by atoms with E-state index in [0.29, 0.717) is 0 Å². The average molecular weight is 293 g/mol. The van der Waals surface area contributed by atoms with E-state index in [0.717, 1.165) is 51.9 Å². The van der Waals surface area contributed by atoms with Crippen LogP contribution in [0.25, 0.3) is 11.1 Å². The lowest BCUT2D eigenvalue weighted by Crippen LogP contribution is -2.09. The molecule has 0 atom stereocenters. The van der Waals surface area contributed by atoms with Crippen molar-refractivity contribution in [1.82, 2.24) is 0 Å². The van der Waals surface area contributed by atoms with Crippen molar-refractivity contribution in [3.05, 3.63) is 51.5 Å². The van der Waals surface area contributed by atoms with Gasteiger partial charge in [0.05, 0.1) is 6.61 Å². The molecule has 1 heterocycles. The molecule has 98 valence electrons. The van der Waals surface area contributed by atoms with Crippen molar-refractivity contribution >= 4 is 23.2 Å². The Morgan fingerprint density at radius 3 is 2.63 bits per heavy atom. The Bertz CT molecular complexity index is 635. The topological polar surface area (TPSA) is 9.23 Å². The van der Waals surface area contributed by atoms with Crippen LogP contribution >= 0.6 is 23.2 Å². The van der Waals surface area contributed by atoms with Gasteiger partial charge in [-0.3, -0.25) is 0 Å². The minimum absolute atomic E-state index is 0.748. The van der Waals surface area contributed by atoms with Crippen LogP contribution in [0.5, 0.6) is 5.75 Å². The number of hydrogen-bond acceptors (Lipinski definition) is 1. The minimum atomic E-state index is 0.748. The second kappa shape index (κ2) is 5.07. The van der Waals surface area contributed by atoms with Gasteiger partial charge in [0, 0.05) is 15.6 Å². The van der Waals surface area contributed by atoms with Gasteiger partial charge in [-0.05, 0) is 60.7 Å². The van der Waals surface area contributed by atoms with Crippen molar-refractivity contribution in [1.29, 1.82) is 0 Å². The van der Waals surface area contributed by atoms with Crippen LogP contribution in [0.4, 0.5) is 0 Å².